The van der Waals surface area contributed by atoms with E-state index in [1.54, 1.807) is 11.0 Å². The van der Waals surface area contributed by atoms with Crippen molar-refractivity contribution < 1.29 is 13.9 Å². The van der Waals surface area contributed by atoms with Crippen LogP contribution in [-0.4, -0.2) is 33.1 Å². The molecule has 0 radical (unpaired) electrons. The van der Waals surface area contributed by atoms with Gasteiger partial charge >= 0.3 is 6.09 Å². The molecule has 1 atom stereocenters. The van der Waals surface area contributed by atoms with E-state index >= 15 is 0 Å². The number of amides is 1. The maximum Gasteiger partial charge on any atom is 0.410 e. The SMILES string of the molecule is C#Cc1cc(F)c2nc(C3CCCN3C(=O)OC(C)(C)C)[nH]c2c1. The number of H-pyrrole nitrogens is 1. The van der Waals surface area contributed by atoms with Crippen LogP contribution in [0.5, 0.6) is 0 Å². The van der Waals surface area contributed by atoms with E-state index in [0.717, 1.165) is 12.8 Å². The van der Waals surface area contributed by atoms with Gasteiger partial charge in [0, 0.05) is 12.1 Å². The summed E-state index contributed by atoms with van der Waals surface area (Å²) in [5.74, 6) is 2.51. The highest BCUT2D eigenvalue weighted by Crippen LogP contribution is 2.33. The molecule has 6 heteroatoms. The summed E-state index contributed by atoms with van der Waals surface area (Å²) < 4.78 is 19.6. The summed E-state index contributed by atoms with van der Waals surface area (Å²) in [6.45, 7) is 6.07. The molecule has 0 aliphatic carbocycles. The number of likely N-dealkylation sites (tertiary alicyclic amines) is 1. The van der Waals surface area contributed by atoms with Crippen LogP contribution in [0, 0.1) is 18.2 Å². The smallest absolute Gasteiger partial charge is 0.410 e. The quantitative estimate of drug-likeness (QED) is 0.811. The van der Waals surface area contributed by atoms with E-state index in [0.29, 0.717) is 23.4 Å². The monoisotopic (exact) mass is 329 g/mol. The molecule has 1 aromatic heterocycles. The third kappa shape index (κ3) is 3.07. The highest BCUT2D eigenvalue weighted by molar-refractivity contribution is 5.78. The van der Waals surface area contributed by atoms with Gasteiger partial charge in [-0.2, -0.15) is 0 Å². The standard InChI is InChI=1S/C18H20FN3O2/c1-5-11-9-12(19)15-13(10-11)20-16(21-15)14-7-6-8-22(14)17(23)24-18(2,3)4/h1,9-10,14H,6-8H2,2-4H3,(H,20,21). The number of fused-ring (bicyclic) bond motifs is 1. The molecule has 0 bridgehead atoms. The van der Waals surface area contributed by atoms with Crippen LogP contribution in [0.3, 0.4) is 0 Å². The van der Waals surface area contributed by atoms with Gasteiger partial charge < -0.3 is 9.72 Å². The Balaban J connectivity index is 1.93. The Bertz CT molecular complexity index is 829. The summed E-state index contributed by atoms with van der Waals surface area (Å²) in [7, 11) is 0. The first kappa shape index (κ1) is 16.3. The Morgan fingerprint density at radius 1 is 1.50 bits per heavy atom. The highest BCUT2D eigenvalue weighted by Gasteiger charge is 2.35. The number of hydrogen-bond donors (Lipinski definition) is 1. The van der Waals surface area contributed by atoms with E-state index in [4.69, 9.17) is 11.2 Å². The lowest BCUT2D eigenvalue weighted by Gasteiger charge is -2.27. The molecule has 1 saturated heterocycles. The number of aromatic nitrogens is 2. The van der Waals surface area contributed by atoms with Crippen LogP contribution >= 0.6 is 0 Å². The fourth-order valence-electron chi connectivity index (χ4n) is 2.93. The number of rotatable bonds is 1. The third-order valence-electron chi connectivity index (χ3n) is 3.92. The van der Waals surface area contributed by atoms with Crippen molar-refractivity contribution in [3.63, 3.8) is 0 Å². The van der Waals surface area contributed by atoms with Gasteiger partial charge in [0.2, 0.25) is 0 Å². The first-order chi connectivity index (χ1) is 11.3. The Labute approximate surface area is 140 Å². The first-order valence-corrected chi connectivity index (χ1v) is 7.94. The van der Waals surface area contributed by atoms with Gasteiger partial charge in [-0.3, -0.25) is 4.90 Å². The number of carbonyl (C=O) groups excluding carboxylic acids is 1. The molecule has 5 nitrogen and oxygen atoms in total. The average Bonchev–Trinajstić information content (AvgIpc) is 3.11. The lowest BCUT2D eigenvalue weighted by molar-refractivity contribution is 0.0219. The van der Waals surface area contributed by atoms with Crippen molar-refractivity contribution in [1.82, 2.24) is 14.9 Å². The third-order valence-corrected chi connectivity index (χ3v) is 3.92. The molecular formula is C18H20FN3O2. The minimum atomic E-state index is -0.564. The molecular weight excluding hydrogens is 309 g/mol. The molecule has 3 rings (SSSR count). The number of imidazole rings is 1. The minimum Gasteiger partial charge on any atom is -0.444 e. The predicted molar refractivity (Wildman–Crippen MR) is 88.9 cm³/mol. The second kappa shape index (κ2) is 5.82. The molecule has 1 unspecified atom stereocenters. The highest BCUT2D eigenvalue weighted by atomic mass is 19.1. The topological polar surface area (TPSA) is 58.2 Å². The molecule has 0 spiro atoms. The Morgan fingerprint density at radius 3 is 2.92 bits per heavy atom. The first-order valence-electron chi connectivity index (χ1n) is 7.94. The zero-order valence-corrected chi connectivity index (χ0v) is 14.0. The number of aromatic amines is 1. The van der Waals surface area contributed by atoms with Crippen molar-refractivity contribution >= 4 is 17.1 Å². The summed E-state index contributed by atoms with van der Waals surface area (Å²) in [6, 6.07) is 2.72. The molecule has 1 aliphatic heterocycles. The maximum atomic E-state index is 14.1. The molecule has 24 heavy (non-hydrogen) atoms. The van der Waals surface area contributed by atoms with Gasteiger partial charge in [-0.15, -0.1) is 6.42 Å². The van der Waals surface area contributed by atoms with Crippen LogP contribution in [0.2, 0.25) is 0 Å². The molecule has 0 saturated carbocycles. The Kier molecular flexibility index (Phi) is 3.96. The van der Waals surface area contributed by atoms with Gasteiger partial charge in [-0.1, -0.05) is 5.92 Å². The Morgan fingerprint density at radius 2 is 2.25 bits per heavy atom. The molecule has 126 valence electrons. The number of halogens is 1. The summed E-state index contributed by atoms with van der Waals surface area (Å²) in [5.41, 5.74) is 0.658. The fourth-order valence-corrected chi connectivity index (χ4v) is 2.93. The number of nitrogens with zero attached hydrogens (tertiary/aromatic N) is 2. The van der Waals surface area contributed by atoms with Crippen LogP contribution in [0.25, 0.3) is 11.0 Å². The van der Waals surface area contributed by atoms with Crippen LogP contribution in [0.15, 0.2) is 12.1 Å². The molecule has 1 N–H and O–H groups in total. The molecule has 1 fully saturated rings. The van der Waals surface area contributed by atoms with Crippen LogP contribution < -0.4 is 0 Å². The largest absolute Gasteiger partial charge is 0.444 e. The predicted octanol–water partition coefficient (Wildman–Crippen LogP) is 3.76. The lowest BCUT2D eigenvalue weighted by Crippen LogP contribution is -2.36. The number of terminal acetylenes is 1. The minimum absolute atomic E-state index is 0.236. The zero-order chi connectivity index (χ0) is 17.5. The van der Waals surface area contributed by atoms with Gasteiger partial charge in [0.05, 0.1) is 11.6 Å². The van der Waals surface area contributed by atoms with Gasteiger partial charge in [-0.25, -0.2) is 14.2 Å². The van der Waals surface area contributed by atoms with Crippen molar-refractivity contribution in [2.75, 3.05) is 6.54 Å². The summed E-state index contributed by atoms with van der Waals surface area (Å²) in [6.07, 6.45) is 6.56. The van der Waals surface area contributed by atoms with Crippen LogP contribution in [-0.2, 0) is 4.74 Å². The van der Waals surface area contributed by atoms with Gasteiger partial charge in [0.25, 0.3) is 0 Å². The molecule has 1 amide bonds. The summed E-state index contributed by atoms with van der Waals surface area (Å²) >= 11 is 0. The van der Waals surface area contributed by atoms with Crippen LogP contribution in [0.4, 0.5) is 9.18 Å². The normalized spacial score (nSPS) is 18.0. The number of benzene rings is 1. The van der Waals surface area contributed by atoms with E-state index in [1.165, 1.54) is 6.07 Å². The molecule has 1 aliphatic rings. The number of ether oxygens (including phenoxy) is 1. The van der Waals surface area contributed by atoms with E-state index in [-0.39, 0.29) is 17.7 Å². The van der Waals surface area contributed by atoms with Gasteiger partial charge in [0.1, 0.15) is 16.9 Å². The van der Waals surface area contributed by atoms with E-state index in [1.807, 2.05) is 20.8 Å². The van der Waals surface area contributed by atoms with Crippen molar-refractivity contribution in [3.05, 3.63) is 29.3 Å². The molecule has 2 aromatic rings. The molecule has 2 heterocycles. The van der Waals surface area contributed by atoms with Crippen molar-refractivity contribution in [3.8, 4) is 12.3 Å². The number of nitrogens with one attached hydrogen (secondary N) is 1. The second-order valence-corrected chi connectivity index (χ2v) is 6.95. The number of hydrogen-bond acceptors (Lipinski definition) is 3. The van der Waals surface area contributed by atoms with Gasteiger partial charge in [0.15, 0.2) is 5.82 Å². The summed E-state index contributed by atoms with van der Waals surface area (Å²) in [4.78, 5) is 21.5. The lowest BCUT2D eigenvalue weighted by atomic mass is 10.2. The number of carbonyl (C=O) groups is 1. The van der Waals surface area contributed by atoms with E-state index in [2.05, 4.69) is 15.9 Å². The van der Waals surface area contributed by atoms with E-state index < -0.39 is 11.4 Å². The Hall–Kier alpha value is -2.55. The molecule has 1 aromatic carbocycles. The summed E-state index contributed by atoms with van der Waals surface area (Å²) in [5, 5.41) is 0. The van der Waals surface area contributed by atoms with E-state index in [9.17, 15) is 9.18 Å². The fraction of sp³-hybridized carbons (Fsp3) is 0.444. The van der Waals surface area contributed by atoms with Crippen molar-refractivity contribution in [2.24, 2.45) is 0 Å². The van der Waals surface area contributed by atoms with Crippen molar-refractivity contribution in [2.45, 2.75) is 45.3 Å². The van der Waals surface area contributed by atoms with Crippen LogP contribution in [0.1, 0.15) is 51.0 Å². The maximum absolute atomic E-state index is 14.1. The zero-order valence-electron chi connectivity index (χ0n) is 14.0. The van der Waals surface area contributed by atoms with Gasteiger partial charge in [-0.05, 0) is 45.7 Å². The average molecular weight is 329 g/mol. The second-order valence-electron chi connectivity index (χ2n) is 6.95. The van der Waals surface area contributed by atoms with Crippen molar-refractivity contribution in [1.29, 1.82) is 0 Å².